The van der Waals surface area contributed by atoms with Crippen molar-refractivity contribution in [3.05, 3.63) is 47.8 Å². The van der Waals surface area contributed by atoms with Crippen LogP contribution in [0.4, 0.5) is 10.1 Å². The average molecular weight is 344 g/mol. The van der Waals surface area contributed by atoms with Gasteiger partial charge in [0, 0.05) is 44.0 Å². The molecule has 132 valence electrons. The number of aryl methyl sites for hydroxylation is 2. The Morgan fingerprint density at radius 3 is 3.12 bits per heavy atom. The Hall–Kier alpha value is -2.70. The highest BCUT2D eigenvalue weighted by atomic mass is 19.1. The molecule has 0 fully saturated rings. The monoisotopic (exact) mass is 344 g/mol. The summed E-state index contributed by atoms with van der Waals surface area (Å²) in [5.41, 5.74) is 1.03. The van der Waals surface area contributed by atoms with Gasteiger partial charge in [-0.3, -0.25) is 9.59 Å². The van der Waals surface area contributed by atoms with Crippen molar-refractivity contribution in [3.8, 4) is 0 Å². The Bertz CT molecular complexity index is 787. The second-order valence-electron chi connectivity index (χ2n) is 6.07. The van der Waals surface area contributed by atoms with Crippen LogP contribution in [0.3, 0.4) is 0 Å². The number of imidazole rings is 1. The summed E-state index contributed by atoms with van der Waals surface area (Å²) < 4.78 is 15.6. The molecule has 2 heterocycles. The molecule has 1 aromatic carbocycles. The average Bonchev–Trinajstić information content (AvgIpc) is 3.05. The summed E-state index contributed by atoms with van der Waals surface area (Å²) in [5.74, 6) is -0.535. The van der Waals surface area contributed by atoms with Crippen molar-refractivity contribution in [2.45, 2.75) is 38.6 Å². The molecule has 1 unspecified atom stereocenters. The summed E-state index contributed by atoms with van der Waals surface area (Å²) in [6.45, 7) is 3.30. The van der Waals surface area contributed by atoms with Crippen LogP contribution in [-0.2, 0) is 22.6 Å². The van der Waals surface area contributed by atoms with Crippen LogP contribution in [-0.4, -0.2) is 27.9 Å². The molecule has 25 heavy (non-hydrogen) atoms. The first-order valence-electron chi connectivity index (χ1n) is 8.45. The van der Waals surface area contributed by atoms with Gasteiger partial charge >= 0.3 is 0 Å². The highest BCUT2D eigenvalue weighted by molar-refractivity contribution is 6.01. The Balaban J connectivity index is 1.58. The third-order valence-corrected chi connectivity index (χ3v) is 4.36. The molecule has 7 heteroatoms. The largest absolute Gasteiger partial charge is 0.355 e. The Kier molecular flexibility index (Phi) is 5.11. The fourth-order valence-electron chi connectivity index (χ4n) is 3.11. The fourth-order valence-corrected chi connectivity index (χ4v) is 3.11. The first kappa shape index (κ1) is 17.1. The number of amides is 2. The van der Waals surface area contributed by atoms with Gasteiger partial charge in [0.2, 0.25) is 11.8 Å². The number of halogens is 1. The quantitative estimate of drug-likeness (QED) is 0.789. The maximum atomic E-state index is 13.5. The fraction of sp³-hybridized carbons (Fsp3) is 0.389. The number of anilines is 1. The number of benzene rings is 1. The van der Waals surface area contributed by atoms with Gasteiger partial charge in [-0.25, -0.2) is 9.37 Å². The molecule has 3 rings (SSSR count). The van der Waals surface area contributed by atoms with Crippen LogP contribution in [0.1, 0.15) is 37.1 Å². The predicted molar refractivity (Wildman–Crippen MR) is 91.6 cm³/mol. The zero-order chi connectivity index (χ0) is 17.8. The molecule has 1 aliphatic heterocycles. The zero-order valence-electron chi connectivity index (χ0n) is 14.1. The third-order valence-electron chi connectivity index (χ3n) is 4.36. The van der Waals surface area contributed by atoms with E-state index in [1.165, 1.54) is 18.2 Å². The van der Waals surface area contributed by atoms with Gasteiger partial charge in [-0.15, -0.1) is 0 Å². The molecule has 0 saturated heterocycles. The van der Waals surface area contributed by atoms with E-state index in [1.807, 2.05) is 13.1 Å². The number of nitrogens with zero attached hydrogens (tertiary/aromatic N) is 2. The molecule has 6 nitrogen and oxygen atoms in total. The SMILES string of the molecule is CCc1nccn1CCCNC(=O)C1CC(=O)Nc2ccc(F)cc21. The Morgan fingerprint density at radius 1 is 1.48 bits per heavy atom. The number of carbonyl (C=O) groups is 2. The van der Waals surface area contributed by atoms with Crippen LogP contribution in [0.25, 0.3) is 0 Å². The van der Waals surface area contributed by atoms with Gasteiger partial charge in [0.05, 0.1) is 5.92 Å². The van der Waals surface area contributed by atoms with E-state index in [-0.39, 0.29) is 18.2 Å². The molecular formula is C18H21FN4O2. The minimum absolute atomic E-state index is 0.0315. The number of hydrogen-bond donors (Lipinski definition) is 2. The normalized spacial score (nSPS) is 16.2. The van der Waals surface area contributed by atoms with Crippen molar-refractivity contribution in [2.75, 3.05) is 11.9 Å². The van der Waals surface area contributed by atoms with Crippen molar-refractivity contribution in [1.29, 1.82) is 0 Å². The highest BCUT2D eigenvalue weighted by Crippen LogP contribution is 2.32. The van der Waals surface area contributed by atoms with E-state index in [1.54, 1.807) is 6.20 Å². The van der Waals surface area contributed by atoms with Crippen molar-refractivity contribution < 1.29 is 14.0 Å². The standard InChI is InChI=1S/C18H21FN4O2/c1-2-16-20-7-9-23(16)8-3-6-21-18(25)14-11-17(24)22-15-5-4-12(19)10-13(14)15/h4-5,7,9-10,14H,2-3,6,8,11H2,1H3,(H,21,25)(H,22,24). The van der Waals surface area contributed by atoms with Crippen LogP contribution in [0.2, 0.25) is 0 Å². The molecule has 0 radical (unpaired) electrons. The maximum Gasteiger partial charge on any atom is 0.228 e. The maximum absolute atomic E-state index is 13.5. The molecule has 2 N–H and O–H groups in total. The van der Waals surface area contributed by atoms with Gasteiger partial charge in [0.15, 0.2) is 0 Å². The molecule has 0 spiro atoms. The minimum Gasteiger partial charge on any atom is -0.355 e. The van der Waals surface area contributed by atoms with E-state index in [9.17, 15) is 14.0 Å². The van der Waals surface area contributed by atoms with Gasteiger partial charge < -0.3 is 15.2 Å². The molecule has 1 aromatic heterocycles. The topological polar surface area (TPSA) is 76.0 Å². The van der Waals surface area contributed by atoms with Crippen molar-refractivity contribution in [2.24, 2.45) is 0 Å². The zero-order valence-corrected chi connectivity index (χ0v) is 14.1. The summed E-state index contributed by atoms with van der Waals surface area (Å²) >= 11 is 0. The number of rotatable bonds is 6. The number of nitrogens with one attached hydrogen (secondary N) is 2. The van der Waals surface area contributed by atoms with Gasteiger partial charge in [0.1, 0.15) is 11.6 Å². The van der Waals surface area contributed by atoms with E-state index in [0.717, 1.165) is 25.2 Å². The number of carbonyl (C=O) groups excluding carboxylic acids is 2. The Labute approximate surface area is 145 Å². The van der Waals surface area contributed by atoms with E-state index >= 15 is 0 Å². The summed E-state index contributed by atoms with van der Waals surface area (Å²) in [5, 5.41) is 5.53. The number of fused-ring (bicyclic) bond motifs is 1. The summed E-state index contributed by atoms with van der Waals surface area (Å²) in [7, 11) is 0. The smallest absolute Gasteiger partial charge is 0.228 e. The third kappa shape index (κ3) is 3.87. The molecule has 0 saturated carbocycles. The van der Waals surface area contributed by atoms with E-state index in [4.69, 9.17) is 0 Å². The van der Waals surface area contributed by atoms with Crippen molar-refractivity contribution >= 4 is 17.5 Å². The van der Waals surface area contributed by atoms with Gasteiger partial charge in [-0.1, -0.05) is 6.92 Å². The van der Waals surface area contributed by atoms with Crippen molar-refractivity contribution in [3.63, 3.8) is 0 Å². The molecule has 2 amide bonds. The lowest BCUT2D eigenvalue weighted by Gasteiger charge is -2.25. The minimum atomic E-state index is -0.654. The second kappa shape index (κ2) is 7.46. The van der Waals surface area contributed by atoms with Crippen LogP contribution >= 0.6 is 0 Å². The lowest BCUT2D eigenvalue weighted by Crippen LogP contribution is -2.35. The summed E-state index contributed by atoms with van der Waals surface area (Å²) in [4.78, 5) is 28.5. The molecule has 1 aliphatic rings. The molecule has 0 bridgehead atoms. The number of aromatic nitrogens is 2. The van der Waals surface area contributed by atoms with Crippen LogP contribution in [0.15, 0.2) is 30.6 Å². The lowest BCUT2D eigenvalue weighted by molar-refractivity contribution is -0.126. The van der Waals surface area contributed by atoms with Gasteiger partial charge in [-0.2, -0.15) is 0 Å². The molecular weight excluding hydrogens is 323 g/mol. The second-order valence-corrected chi connectivity index (χ2v) is 6.07. The first-order valence-corrected chi connectivity index (χ1v) is 8.45. The Morgan fingerprint density at radius 2 is 2.32 bits per heavy atom. The lowest BCUT2D eigenvalue weighted by atomic mass is 9.89. The summed E-state index contributed by atoms with van der Waals surface area (Å²) in [6.07, 6.45) is 5.33. The van der Waals surface area contributed by atoms with Gasteiger partial charge in [-0.05, 0) is 30.2 Å². The highest BCUT2D eigenvalue weighted by Gasteiger charge is 2.30. The first-order chi connectivity index (χ1) is 12.1. The molecule has 0 aliphatic carbocycles. The molecule has 2 aromatic rings. The predicted octanol–water partition coefficient (Wildman–Crippen LogP) is 2.22. The van der Waals surface area contributed by atoms with E-state index in [0.29, 0.717) is 17.8 Å². The van der Waals surface area contributed by atoms with Crippen LogP contribution in [0, 0.1) is 5.82 Å². The van der Waals surface area contributed by atoms with Crippen LogP contribution < -0.4 is 10.6 Å². The van der Waals surface area contributed by atoms with Crippen molar-refractivity contribution in [1.82, 2.24) is 14.9 Å². The summed E-state index contributed by atoms with van der Waals surface area (Å²) in [6, 6.07) is 4.08. The van der Waals surface area contributed by atoms with Crippen LogP contribution in [0.5, 0.6) is 0 Å². The number of hydrogen-bond acceptors (Lipinski definition) is 3. The van der Waals surface area contributed by atoms with Gasteiger partial charge in [0.25, 0.3) is 0 Å². The molecule has 1 atom stereocenters. The van der Waals surface area contributed by atoms with E-state index < -0.39 is 11.7 Å². The van der Waals surface area contributed by atoms with E-state index in [2.05, 4.69) is 20.2 Å².